The Morgan fingerprint density at radius 3 is 2.16 bits per heavy atom. The third-order valence-corrected chi connectivity index (χ3v) is 6.65. The van der Waals surface area contributed by atoms with Crippen LogP contribution >= 0.6 is 15.6 Å². The van der Waals surface area contributed by atoms with Crippen molar-refractivity contribution in [3.8, 4) is 0 Å². The number of nitrogens with one attached hydrogen (secondary N) is 1. The lowest BCUT2D eigenvalue weighted by Crippen LogP contribution is -2.46. The number of carbonyl (C=O) groups is 1. The number of aliphatic hydroxyl groups excluding tert-OH is 7. The predicted molar refractivity (Wildman–Crippen MR) is 113 cm³/mol. The van der Waals surface area contributed by atoms with E-state index >= 15 is 0 Å². The summed E-state index contributed by atoms with van der Waals surface area (Å²) in [5, 5.41) is 63.3. The molecule has 1 saturated heterocycles. The van der Waals surface area contributed by atoms with E-state index in [0.717, 1.165) is 16.8 Å². The molecular weight excluding hydrogens is 558 g/mol. The van der Waals surface area contributed by atoms with Crippen LogP contribution in [0.15, 0.2) is 21.9 Å². The Hall–Kier alpha value is -1.71. The fourth-order valence-corrected chi connectivity index (χ4v) is 4.27. The third kappa shape index (κ3) is 10.2. The normalized spacial score (nSPS) is 26.8. The first-order valence-corrected chi connectivity index (χ1v) is 12.8. The van der Waals surface area contributed by atoms with Crippen LogP contribution in [0.25, 0.3) is 0 Å². The summed E-state index contributed by atoms with van der Waals surface area (Å²) in [5.41, 5.74) is -1.65. The van der Waals surface area contributed by atoms with Gasteiger partial charge in [-0.25, -0.2) is 13.9 Å². The van der Waals surface area contributed by atoms with Crippen LogP contribution in [0, 0.1) is 0 Å². The van der Waals surface area contributed by atoms with Crippen molar-refractivity contribution >= 4 is 21.9 Å². The van der Waals surface area contributed by atoms with Gasteiger partial charge in [-0.3, -0.25) is 18.9 Å². The van der Waals surface area contributed by atoms with Gasteiger partial charge in [-0.1, -0.05) is 0 Å². The molecule has 0 bridgehead atoms. The van der Waals surface area contributed by atoms with E-state index in [-0.39, 0.29) is 6.29 Å². The van der Waals surface area contributed by atoms with Gasteiger partial charge in [0, 0.05) is 12.3 Å². The molecule has 2 rings (SSSR count). The summed E-state index contributed by atoms with van der Waals surface area (Å²) in [5.74, 6) is 0. The molecule has 22 heteroatoms. The Bertz CT molecular complexity index is 1090. The van der Waals surface area contributed by atoms with Gasteiger partial charge in [0.15, 0.2) is 12.5 Å². The molecule has 1 aromatic heterocycles. The van der Waals surface area contributed by atoms with Crippen molar-refractivity contribution in [2.24, 2.45) is 0 Å². The average Bonchev–Trinajstić information content (AvgIpc) is 3.08. The van der Waals surface area contributed by atoms with Crippen LogP contribution in [0.1, 0.15) is 6.23 Å². The van der Waals surface area contributed by atoms with E-state index in [0.29, 0.717) is 0 Å². The van der Waals surface area contributed by atoms with E-state index in [4.69, 9.17) is 44.9 Å². The minimum absolute atomic E-state index is 0.0258. The van der Waals surface area contributed by atoms with Gasteiger partial charge in [-0.2, -0.15) is 4.31 Å². The molecule has 0 aromatic carbocycles. The average molecular weight is 584 g/mol. The number of aldehydes is 1. The first-order chi connectivity index (χ1) is 16.9. The van der Waals surface area contributed by atoms with E-state index in [2.05, 4.69) is 8.83 Å². The number of aromatic nitrogens is 2. The van der Waals surface area contributed by atoms with Gasteiger partial charge in [0.1, 0.15) is 42.7 Å². The van der Waals surface area contributed by atoms with Gasteiger partial charge < -0.3 is 60.0 Å². The second-order valence-corrected chi connectivity index (χ2v) is 10.1. The highest BCUT2D eigenvalue weighted by atomic mass is 31.3. The number of phosphoric acid groups is 2. The number of aliphatic hydroxyl groups is 7. The summed E-state index contributed by atoms with van der Waals surface area (Å²) < 4.78 is 35.6. The molecule has 0 amide bonds. The molecule has 11 N–H and O–H groups in total. The number of ether oxygens (including phenoxy) is 1. The largest absolute Gasteiger partial charge is 0.481 e. The van der Waals surface area contributed by atoms with E-state index in [9.17, 15) is 33.7 Å². The Kier molecular flexibility index (Phi) is 12.5. The third-order valence-electron chi connectivity index (χ3n) is 4.49. The van der Waals surface area contributed by atoms with Crippen molar-refractivity contribution in [1.82, 2.24) is 9.55 Å². The lowest BCUT2D eigenvalue weighted by Gasteiger charge is -2.22. The Balaban J connectivity index is 0.000000482. The van der Waals surface area contributed by atoms with Crippen LogP contribution in [0.2, 0.25) is 0 Å². The molecule has 0 spiro atoms. The van der Waals surface area contributed by atoms with Crippen molar-refractivity contribution in [2.45, 2.75) is 49.0 Å². The lowest BCUT2D eigenvalue weighted by molar-refractivity contribution is -0.136. The Morgan fingerprint density at radius 1 is 1.08 bits per heavy atom. The minimum atomic E-state index is -5.32. The molecule has 1 aliphatic heterocycles. The highest BCUT2D eigenvalue weighted by molar-refractivity contribution is 7.60. The molecule has 214 valence electrons. The fraction of sp³-hybridized carbons (Fsp3) is 0.667. The maximum atomic E-state index is 11.7. The zero-order valence-electron chi connectivity index (χ0n) is 18.3. The standard InChI is InChI=1S/C9H14N2O12P2.C6H12O6/c12-5-1-2-11(9(15)10-5)8-7(14)6(13)4(22-8)3-21-25(19,20)23-24(16,17)18;7-1-3(9)5(11)6(12)4(10)2-8/h1-2,4,6-8,13-14H,3H2,(H,19,20)(H,10,12,15)(H2,16,17,18);1,3-6,8-12H,2H2/t4-,6-,7-,8-;/m1./s1. The second kappa shape index (κ2) is 13.9. The molecule has 37 heavy (non-hydrogen) atoms. The van der Waals surface area contributed by atoms with E-state index in [1.54, 1.807) is 0 Å². The maximum absolute atomic E-state index is 11.7. The van der Waals surface area contributed by atoms with Crippen molar-refractivity contribution < 1.29 is 77.9 Å². The van der Waals surface area contributed by atoms with Gasteiger partial charge in [0.25, 0.3) is 5.56 Å². The molecule has 1 aliphatic rings. The predicted octanol–water partition coefficient (Wildman–Crippen LogP) is -6.00. The molecule has 20 nitrogen and oxygen atoms in total. The molecular formula is C15H26N2O18P2. The van der Waals surface area contributed by atoms with Crippen molar-refractivity contribution in [3.05, 3.63) is 33.1 Å². The number of hydrogen-bond donors (Lipinski definition) is 11. The SMILES string of the molecule is O=CC(O)C(O)C(O)C(O)CO.O=c1ccn([C@@H]2O[C@H](COP(=O)(O)OP(=O)(O)O)[C@@H](O)[C@H]2O)c(=O)[nH]1. The number of H-pyrrole nitrogens is 1. The Labute approximate surface area is 205 Å². The summed E-state index contributed by atoms with van der Waals surface area (Å²) in [6.45, 7) is -1.66. The molecule has 1 aromatic rings. The van der Waals surface area contributed by atoms with Crippen LogP contribution in [0.3, 0.4) is 0 Å². The van der Waals surface area contributed by atoms with Crippen LogP contribution in [0.4, 0.5) is 0 Å². The number of hydrogen-bond acceptors (Lipinski definition) is 15. The zero-order chi connectivity index (χ0) is 28.7. The minimum Gasteiger partial charge on any atom is -0.394 e. The molecule has 1 fully saturated rings. The quantitative estimate of drug-likeness (QED) is 0.0851. The van der Waals surface area contributed by atoms with Crippen LogP contribution < -0.4 is 11.2 Å². The summed E-state index contributed by atoms with van der Waals surface area (Å²) in [4.78, 5) is 60.6. The molecule has 5 unspecified atom stereocenters. The first-order valence-electron chi connectivity index (χ1n) is 9.79. The highest BCUT2D eigenvalue weighted by Gasteiger charge is 2.45. The molecule has 0 saturated carbocycles. The number of rotatable bonds is 11. The first kappa shape index (κ1) is 33.3. The molecule has 0 aliphatic carbocycles. The van der Waals surface area contributed by atoms with Gasteiger partial charge in [0.05, 0.1) is 13.2 Å². The summed E-state index contributed by atoms with van der Waals surface area (Å²) in [6.07, 6.45) is -12.1. The van der Waals surface area contributed by atoms with Crippen molar-refractivity contribution in [3.63, 3.8) is 0 Å². The number of nitrogens with zero attached hydrogens (tertiary/aromatic N) is 1. The van der Waals surface area contributed by atoms with E-state index in [1.807, 2.05) is 4.98 Å². The number of phosphoric ester groups is 1. The lowest BCUT2D eigenvalue weighted by atomic mass is 10.0. The molecule has 2 heterocycles. The summed E-state index contributed by atoms with van der Waals surface area (Å²) in [7, 11) is -10.5. The van der Waals surface area contributed by atoms with E-state index in [1.165, 1.54) is 0 Å². The van der Waals surface area contributed by atoms with Gasteiger partial charge >= 0.3 is 21.3 Å². The molecule has 0 radical (unpaired) electrons. The summed E-state index contributed by atoms with van der Waals surface area (Å²) >= 11 is 0. The van der Waals surface area contributed by atoms with Gasteiger partial charge in [0.2, 0.25) is 0 Å². The van der Waals surface area contributed by atoms with Gasteiger partial charge in [-0.05, 0) is 0 Å². The van der Waals surface area contributed by atoms with Crippen molar-refractivity contribution in [2.75, 3.05) is 13.2 Å². The fourth-order valence-electron chi connectivity index (χ4n) is 2.67. The van der Waals surface area contributed by atoms with Crippen LogP contribution in [-0.2, 0) is 27.5 Å². The van der Waals surface area contributed by atoms with Crippen LogP contribution in [0.5, 0.6) is 0 Å². The maximum Gasteiger partial charge on any atom is 0.481 e. The monoisotopic (exact) mass is 584 g/mol. The van der Waals surface area contributed by atoms with E-state index < -0.39 is 89.1 Å². The topological polar surface area (TPSA) is 336 Å². The number of aromatic amines is 1. The number of carbonyl (C=O) groups excluding carboxylic acids is 1. The van der Waals surface area contributed by atoms with Crippen LogP contribution in [-0.4, -0.2) is 122 Å². The smallest absolute Gasteiger partial charge is 0.394 e. The molecule has 9 atom stereocenters. The Morgan fingerprint density at radius 2 is 1.68 bits per heavy atom. The van der Waals surface area contributed by atoms with Crippen molar-refractivity contribution in [1.29, 1.82) is 0 Å². The van der Waals surface area contributed by atoms with Gasteiger partial charge in [-0.15, -0.1) is 0 Å². The second-order valence-electron chi connectivity index (χ2n) is 7.26. The zero-order valence-corrected chi connectivity index (χ0v) is 20.1. The highest BCUT2D eigenvalue weighted by Crippen LogP contribution is 2.57. The summed E-state index contributed by atoms with van der Waals surface area (Å²) in [6, 6.07) is 0.962.